The monoisotopic (exact) mass is 219 g/mol. The Morgan fingerprint density at radius 2 is 2.19 bits per heavy atom. The van der Waals surface area contributed by atoms with Crippen LogP contribution in [0, 0.1) is 0 Å². The molecule has 0 radical (unpaired) electrons. The van der Waals surface area contributed by atoms with Gasteiger partial charge in [-0.3, -0.25) is 0 Å². The van der Waals surface area contributed by atoms with Gasteiger partial charge in [-0.15, -0.1) is 0 Å². The molecule has 0 heterocycles. The molecule has 0 aromatic heterocycles. The summed E-state index contributed by atoms with van der Waals surface area (Å²) < 4.78 is 4.74. The molecule has 2 rings (SSSR count). The van der Waals surface area contributed by atoms with Crippen molar-refractivity contribution in [1.82, 2.24) is 4.90 Å². The van der Waals surface area contributed by atoms with Crippen molar-refractivity contribution in [1.29, 1.82) is 0 Å². The third kappa shape index (κ3) is 1.83. The van der Waals surface area contributed by atoms with Crippen molar-refractivity contribution in [2.45, 2.75) is 18.9 Å². The summed E-state index contributed by atoms with van der Waals surface area (Å²) in [5, 5.41) is 0. The minimum Gasteiger partial charge on any atom is -0.465 e. The molecule has 1 aromatic carbocycles. The number of rotatable bonds is 2. The van der Waals surface area contributed by atoms with Gasteiger partial charge in [-0.1, -0.05) is 6.07 Å². The highest BCUT2D eigenvalue weighted by Crippen LogP contribution is 2.34. The summed E-state index contributed by atoms with van der Waals surface area (Å²) in [7, 11) is 5.56. The van der Waals surface area contributed by atoms with Crippen molar-refractivity contribution in [2.75, 3.05) is 21.2 Å². The average Bonchev–Trinajstić information content (AvgIpc) is 2.70. The predicted octanol–water partition coefficient (Wildman–Crippen LogP) is 2.02. The van der Waals surface area contributed by atoms with Crippen molar-refractivity contribution >= 4 is 5.97 Å². The Hall–Kier alpha value is -1.35. The van der Waals surface area contributed by atoms with E-state index in [-0.39, 0.29) is 5.97 Å². The molecule has 1 unspecified atom stereocenters. The van der Waals surface area contributed by atoms with E-state index in [9.17, 15) is 4.79 Å². The summed E-state index contributed by atoms with van der Waals surface area (Å²) in [5.74, 6) is -0.257. The molecule has 0 spiro atoms. The lowest BCUT2D eigenvalue weighted by Gasteiger charge is -2.20. The molecule has 1 aromatic rings. The third-order valence-electron chi connectivity index (χ3n) is 3.24. The minimum absolute atomic E-state index is 0.257. The Bertz CT molecular complexity index is 412. The van der Waals surface area contributed by atoms with Gasteiger partial charge in [0.05, 0.1) is 12.7 Å². The summed E-state index contributed by atoms with van der Waals surface area (Å²) in [6.45, 7) is 0. The molecule has 0 N–H and O–H groups in total. The third-order valence-corrected chi connectivity index (χ3v) is 3.24. The molecule has 1 aliphatic carbocycles. The molecule has 0 saturated heterocycles. The van der Waals surface area contributed by atoms with Crippen LogP contribution in [-0.4, -0.2) is 32.1 Å². The molecule has 86 valence electrons. The number of hydrogen-bond donors (Lipinski definition) is 0. The van der Waals surface area contributed by atoms with Crippen molar-refractivity contribution in [2.24, 2.45) is 0 Å². The van der Waals surface area contributed by atoms with Crippen molar-refractivity contribution < 1.29 is 9.53 Å². The lowest BCUT2D eigenvalue weighted by atomic mass is 10.0. The Balaban J connectivity index is 2.37. The second-order valence-corrected chi connectivity index (χ2v) is 4.42. The normalized spacial score (nSPS) is 18.6. The van der Waals surface area contributed by atoms with E-state index >= 15 is 0 Å². The highest BCUT2D eigenvalue weighted by molar-refractivity contribution is 5.89. The van der Waals surface area contributed by atoms with Gasteiger partial charge >= 0.3 is 5.97 Å². The summed E-state index contributed by atoms with van der Waals surface area (Å²) in [4.78, 5) is 13.7. The van der Waals surface area contributed by atoms with Crippen LogP contribution in [0.3, 0.4) is 0 Å². The molecule has 1 atom stereocenters. The zero-order valence-corrected chi connectivity index (χ0v) is 9.99. The number of methoxy groups -OCH3 is 1. The van der Waals surface area contributed by atoms with E-state index in [1.54, 1.807) is 0 Å². The first-order valence-corrected chi connectivity index (χ1v) is 5.51. The first-order chi connectivity index (χ1) is 7.63. The quantitative estimate of drug-likeness (QED) is 0.713. The average molecular weight is 219 g/mol. The maximum absolute atomic E-state index is 11.5. The van der Waals surface area contributed by atoms with Crippen LogP contribution < -0.4 is 0 Å². The van der Waals surface area contributed by atoms with E-state index in [0.29, 0.717) is 11.6 Å². The van der Waals surface area contributed by atoms with Gasteiger partial charge in [-0.2, -0.15) is 0 Å². The van der Waals surface area contributed by atoms with Crippen LogP contribution in [0.15, 0.2) is 18.2 Å². The summed E-state index contributed by atoms with van der Waals surface area (Å²) in [6.07, 6.45) is 2.23. The molecule has 1 aliphatic rings. The lowest BCUT2D eigenvalue weighted by molar-refractivity contribution is 0.0600. The number of fused-ring (bicyclic) bond motifs is 1. The summed E-state index contributed by atoms with van der Waals surface area (Å²) in [6, 6.07) is 6.30. The Morgan fingerprint density at radius 1 is 1.44 bits per heavy atom. The standard InChI is InChI=1S/C13H17NO2/c1-14(2)12-7-6-9-4-5-10(8-11(9)12)13(15)16-3/h4-5,8,12H,6-7H2,1-3H3. The molecule has 0 bridgehead atoms. The van der Waals surface area contributed by atoms with Crippen LogP contribution in [0.5, 0.6) is 0 Å². The Morgan fingerprint density at radius 3 is 2.81 bits per heavy atom. The number of hydrogen-bond acceptors (Lipinski definition) is 3. The topological polar surface area (TPSA) is 29.5 Å². The smallest absolute Gasteiger partial charge is 0.337 e. The molecule has 0 amide bonds. The Kier molecular flexibility index (Phi) is 2.97. The second kappa shape index (κ2) is 4.26. The van der Waals surface area contributed by atoms with Crippen molar-refractivity contribution in [3.63, 3.8) is 0 Å². The number of ether oxygens (including phenoxy) is 1. The van der Waals surface area contributed by atoms with E-state index in [0.717, 1.165) is 12.8 Å². The SMILES string of the molecule is COC(=O)c1ccc2c(c1)C(N(C)C)CC2. The van der Waals surface area contributed by atoms with Crippen molar-refractivity contribution in [3.05, 3.63) is 34.9 Å². The summed E-state index contributed by atoms with van der Waals surface area (Å²) in [5.41, 5.74) is 3.27. The van der Waals surface area contributed by atoms with Gasteiger partial charge in [0.2, 0.25) is 0 Å². The molecule has 0 saturated carbocycles. The van der Waals surface area contributed by atoms with Gasteiger partial charge in [0.15, 0.2) is 0 Å². The lowest BCUT2D eigenvalue weighted by Crippen LogP contribution is -2.17. The van der Waals surface area contributed by atoms with Crippen LogP contribution in [0.4, 0.5) is 0 Å². The number of esters is 1. The Labute approximate surface area is 96.0 Å². The number of aryl methyl sites for hydroxylation is 1. The van der Waals surface area contributed by atoms with Gasteiger partial charge in [0.25, 0.3) is 0 Å². The minimum atomic E-state index is -0.257. The molecule has 3 nitrogen and oxygen atoms in total. The number of carbonyl (C=O) groups excluding carboxylic acids is 1. The zero-order chi connectivity index (χ0) is 11.7. The van der Waals surface area contributed by atoms with Crippen molar-refractivity contribution in [3.8, 4) is 0 Å². The fraction of sp³-hybridized carbons (Fsp3) is 0.462. The second-order valence-electron chi connectivity index (χ2n) is 4.42. The number of benzene rings is 1. The predicted molar refractivity (Wildman–Crippen MR) is 62.5 cm³/mol. The van der Waals surface area contributed by atoms with Gasteiger partial charge in [0.1, 0.15) is 0 Å². The van der Waals surface area contributed by atoms with E-state index < -0.39 is 0 Å². The van der Waals surface area contributed by atoms with Gasteiger partial charge in [-0.05, 0) is 50.2 Å². The van der Waals surface area contributed by atoms with Gasteiger partial charge in [0, 0.05) is 6.04 Å². The van der Waals surface area contributed by atoms with E-state index in [2.05, 4.69) is 19.0 Å². The highest BCUT2D eigenvalue weighted by Gasteiger charge is 2.25. The first-order valence-electron chi connectivity index (χ1n) is 5.51. The van der Waals surface area contributed by atoms with Crippen LogP contribution in [-0.2, 0) is 11.2 Å². The molecule has 3 heteroatoms. The maximum Gasteiger partial charge on any atom is 0.337 e. The van der Waals surface area contributed by atoms with E-state index in [1.165, 1.54) is 18.2 Å². The molecular formula is C13H17NO2. The fourth-order valence-corrected chi connectivity index (χ4v) is 2.36. The molecule has 0 fully saturated rings. The first kappa shape index (κ1) is 11.1. The number of nitrogens with zero attached hydrogens (tertiary/aromatic N) is 1. The van der Waals surface area contributed by atoms with Crippen LogP contribution in [0.25, 0.3) is 0 Å². The van der Waals surface area contributed by atoms with E-state index in [1.807, 2.05) is 18.2 Å². The molecular weight excluding hydrogens is 202 g/mol. The molecule has 16 heavy (non-hydrogen) atoms. The zero-order valence-electron chi connectivity index (χ0n) is 9.99. The van der Waals surface area contributed by atoms with Gasteiger partial charge < -0.3 is 9.64 Å². The highest BCUT2D eigenvalue weighted by atomic mass is 16.5. The summed E-state index contributed by atoms with van der Waals surface area (Å²) >= 11 is 0. The van der Waals surface area contributed by atoms with Crippen LogP contribution in [0.2, 0.25) is 0 Å². The maximum atomic E-state index is 11.5. The van der Waals surface area contributed by atoms with Crippen LogP contribution >= 0.6 is 0 Å². The number of carbonyl (C=O) groups is 1. The fourth-order valence-electron chi connectivity index (χ4n) is 2.36. The largest absolute Gasteiger partial charge is 0.465 e. The molecule has 0 aliphatic heterocycles. The van der Waals surface area contributed by atoms with E-state index in [4.69, 9.17) is 4.74 Å². The van der Waals surface area contributed by atoms with Gasteiger partial charge in [-0.25, -0.2) is 4.79 Å². The van der Waals surface area contributed by atoms with Crippen LogP contribution in [0.1, 0.15) is 33.9 Å².